The van der Waals surface area contributed by atoms with Crippen LogP contribution in [0.3, 0.4) is 0 Å². The first kappa shape index (κ1) is 15.4. The summed E-state index contributed by atoms with van der Waals surface area (Å²) in [5.41, 5.74) is 2.63. The molecule has 0 bridgehead atoms. The van der Waals surface area contributed by atoms with Crippen molar-refractivity contribution in [1.29, 1.82) is 0 Å². The number of H-pyrrole nitrogens is 1. The largest absolute Gasteiger partial charge is 0.494 e. The summed E-state index contributed by atoms with van der Waals surface area (Å²) in [6.45, 7) is 2.56. The van der Waals surface area contributed by atoms with Crippen molar-refractivity contribution in [3.8, 4) is 5.75 Å². The number of ether oxygens (including phenoxy) is 1. The fourth-order valence-electron chi connectivity index (χ4n) is 2.13. The lowest BCUT2D eigenvalue weighted by Gasteiger charge is -2.06. The Bertz CT molecular complexity index is 766. The van der Waals surface area contributed by atoms with Crippen LogP contribution in [0.4, 0.5) is 5.69 Å². The predicted octanol–water partition coefficient (Wildman–Crippen LogP) is 3.69. The number of carbonyl (C=O) groups is 1. The van der Waals surface area contributed by atoms with Crippen LogP contribution >= 0.6 is 11.8 Å². The highest BCUT2D eigenvalue weighted by molar-refractivity contribution is 7.99. The Labute approximate surface area is 138 Å². The number of aromatic amines is 1. The van der Waals surface area contributed by atoms with E-state index in [4.69, 9.17) is 4.74 Å². The zero-order chi connectivity index (χ0) is 16.1. The Morgan fingerprint density at radius 1 is 1.22 bits per heavy atom. The summed E-state index contributed by atoms with van der Waals surface area (Å²) in [4.78, 5) is 19.6. The van der Waals surface area contributed by atoms with Crippen molar-refractivity contribution in [2.75, 3.05) is 17.7 Å². The third-order valence-corrected chi connectivity index (χ3v) is 4.03. The molecule has 0 aliphatic heterocycles. The molecule has 0 radical (unpaired) electrons. The number of amides is 1. The van der Waals surface area contributed by atoms with Gasteiger partial charge in [-0.15, -0.1) is 0 Å². The molecule has 23 heavy (non-hydrogen) atoms. The summed E-state index contributed by atoms with van der Waals surface area (Å²) in [6, 6.07) is 15.1. The van der Waals surface area contributed by atoms with Crippen LogP contribution in [0.5, 0.6) is 5.75 Å². The zero-order valence-corrected chi connectivity index (χ0v) is 13.5. The molecule has 0 spiro atoms. The smallest absolute Gasteiger partial charge is 0.234 e. The van der Waals surface area contributed by atoms with E-state index in [2.05, 4.69) is 15.3 Å². The lowest BCUT2D eigenvalue weighted by molar-refractivity contribution is -0.113. The lowest BCUT2D eigenvalue weighted by atomic mass is 10.3. The van der Waals surface area contributed by atoms with Gasteiger partial charge in [0.15, 0.2) is 5.16 Å². The van der Waals surface area contributed by atoms with Gasteiger partial charge in [0, 0.05) is 5.69 Å². The average molecular weight is 327 g/mol. The third-order valence-electron chi connectivity index (χ3n) is 3.16. The van der Waals surface area contributed by atoms with Crippen LogP contribution in [0, 0.1) is 0 Å². The van der Waals surface area contributed by atoms with E-state index in [1.54, 1.807) is 0 Å². The summed E-state index contributed by atoms with van der Waals surface area (Å²) >= 11 is 1.38. The Hall–Kier alpha value is -2.47. The van der Waals surface area contributed by atoms with Gasteiger partial charge in [-0.2, -0.15) is 0 Å². The van der Waals surface area contributed by atoms with Gasteiger partial charge in [0.2, 0.25) is 5.91 Å². The van der Waals surface area contributed by atoms with E-state index >= 15 is 0 Å². The molecule has 0 saturated heterocycles. The summed E-state index contributed by atoms with van der Waals surface area (Å²) in [5, 5.41) is 3.60. The Kier molecular flexibility index (Phi) is 4.83. The van der Waals surface area contributed by atoms with Gasteiger partial charge >= 0.3 is 0 Å². The van der Waals surface area contributed by atoms with Crippen molar-refractivity contribution in [3.05, 3.63) is 48.5 Å². The second-order valence-electron chi connectivity index (χ2n) is 4.85. The van der Waals surface area contributed by atoms with Crippen molar-refractivity contribution >= 4 is 34.4 Å². The SMILES string of the molecule is CCOc1ccc(NC(=O)CSc2nc3ccccc3[nH]2)cc1. The standard InChI is InChI=1S/C17H17N3O2S/c1-2-22-13-9-7-12(8-10-13)18-16(21)11-23-17-19-14-5-3-4-6-15(14)20-17/h3-10H,2,11H2,1H3,(H,18,21)(H,19,20). The molecule has 1 heterocycles. The van der Waals surface area contributed by atoms with E-state index in [9.17, 15) is 4.79 Å². The monoisotopic (exact) mass is 327 g/mol. The van der Waals surface area contributed by atoms with Gasteiger partial charge in [0.25, 0.3) is 0 Å². The van der Waals surface area contributed by atoms with Crippen LogP contribution < -0.4 is 10.1 Å². The Morgan fingerprint density at radius 2 is 2.00 bits per heavy atom. The molecule has 1 aromatic heterocycles. The predicted molar refractivity (Wildman–Crippen MR) is 93.1 cm³/mol. The first-order valence-electron chi connectivity index (χ1n) is 7.35. The van der Waals surface area contributed by atoms with Crippen molar-refractivity contribution in [3.63, 3.8) is 0 Å². The minimum absolute atomic E-state index is 0.0698. The number of imidazole rings is 1. The molecule has 5 nitrogen and oxygen atoms in total. The Balaban J connectivity index is 1.54. The van der Waals surface area contributed by atoms with Gasteiger partial charge in [-0.05, 0) is 43.3 Å². The molecule has 1 amide bonds. The number of thioether (sulfide) groups is 1. The second kappa shape index (κ2) is 7.19. The summed E-state index contributed by atoms with van der Waals surface area (Å²) in [6.07, 6.45) is 0. The van der Waals surface area contributed by atoms with E-state index in [1.807, 2.05) is 55.5 Å². The number of para-hydroxylation sites is 2. The molecule has 0 aliphatic rings. The van der Waals surface area contributed by atoms with Crippen LogP contribution in [0.2, 0.25) is 0 Å². The maximum atomic E-state index is 12.0. The molecule has 3 aromatic rings. The van der Waals surface area contributed by atoms with Crippen LogP contribution in [0.1, 0.15) is 6.92 Å². The van der Waals surface area contributed by atoms with E-state index in [-0.39, 0.29) is 5.91 Å². The second-order valence-corrected chi connectivity index (χ2v) is 5.82. The molecule has 0 fully saturated rings. The summed E-state index contributed by atoms with van der Waals surface area (Å²) in [7, 11) is 0. The third kappa shape index (κ3) is 4.04. The van der Waals surface area contributed by atoms with E-state index in [0.29, 0.717) is 12.4 Å². The number of fused-ring (bicyclic) bond motifs is 1. The number of benzene rings is 2. The number of anilines is 1. The highest BCUT2D eigenvalue weighted by atomic mass is 32.2. The number of carbonyl (C=O) groups excluding carboxylic acids is 1. The first-order valence-corrected chi connectivity index (χ1v) is 8.33. The Morgan fingerprint density at radius 3 is 2.74 bits per heavy atom. The molecule has 6 heteroatoms. The first-order chi connectivity index (χ1) is 11.2. The number of hydrogen-bond acceptors (Lipinski definition) is 4. The molecule has 118 valence electrons. The maximum absolute atomic E-state index is 12.0. The number of hydrogen-bond donors (Lipinski definition) is 2. The molecule has 2 aromatic carbocycles. The summed E-state index contributed by atoms with van der Waals surface area (Å²) in [5.74, 6) is 1.02. The van der Waals surface area contributed by atoms with E-state index < -0.39 is 0 Å². The lowest BCUT2D eigenvalue weighted by Crippen LogP contribution is -2.14. The van der Waals surface area contributed by atoms with Crippen molar-refractivity contribution in [1.82, 2.24) is 9.97 Å². The van der Waals surface area contributed by atoms with Crippen LogP contribution in [0.25, 0.3) is 11.0 Å². The minimum Gasteiger partial charge on any atom is -0.494 e. The normalized spacial score (nSPS) is 10.7. The van der Waals surface area contributed by atoms with Crippen molar-refractivity contribution < 1.29 is 9.53 Å². The van der Waals surface area contributed by atoms with E-state index in [0.717, 1.165) is 27.6 Å². The van der Waals surface area contributed by atoms with Gasteiger partial charge < -0.3 is 15.0 Å². The van der Waals surface area contributed by atoms with Crippen LogP contribution in [0.15, 0.2) is 53.7 Å². The molecule has 0 aliphatic carbocycles. The van der Waals surface area contributed by atoms with Gasteiger partial charge in [-0.3, -0.25) is 4.79 Å². The minimum atomic E-state index is -0.0698. The van der Waals surface area contributed by atoms with E-state index in [1.165, 1.54) is 11.8 Å². The summed E-state index contributed by atoms with van der Waals surface area (Å²) < 4.78 is 5.37. The molecule has 2 N–H and O–H groups in total. The number of aromatic nitrogens is 2. The molecule has 0 saturated carbocycles. The molecule has 3 rings (SSSR count). The number of nitrogens with one attached hydrogen (secondary N) is 2. The van der Waals surface area contributed by atoms with Gasteiger partial charge in [0.05, 0.1) is 23.4 Å². The van der Waals surface area contributed by atoms with Crippen molar-refractivity contribution in [2.45, 2.75) is 12.1 Å². The number of rotatable bonds is 6. The molecular weight excluding hydrogens is 310 g/mol. The zero-order valence-electron chi connectivity index (χ0n) is 12.7. The van der Waals surface area contributed by atoms with Gasteiger partial charge in [-0.1, -0.05) is 23.9 Å². The quantitative estimate of drug-likeness (QED) is 0.678. The molecular formula is C17H17N3O2S. The fourth-order valence-corrected chi connectivity index (χ4v) is 2.81. The van der Waals surface area contributed by atoms with Crippen LogP contribution in [-0.2, 0) is 4.79 Å². The number of nitrogens with zero attached hydrogens (tertiary/aromatic N) is 1. The average Bonchev–Trinajstić information content (AvgIpc) is 2.98. The van der Waals surface area contributed by atoms with Crippen LogP contribution in [-0.4, -0.2) is 28.2 Å². The highest BCUT2D eigenvalue weighted by Crippen LogP contribution is 2.20. The fraction of sp³-hybridized carbons (Fsp3) is 0.176. The van der Waals surface area contributed by atoms with Crippen molar-refractivity contribution in [2.24, 2.45) is 0 Å². The molecule has 0 unspecified atom stereocenters. The highest BCUT2D eigenvalue weighted by Gasteiger charge is 2.07. The van der Waals surface area contributed by atoms with Gasteiger partial charge in [0.1, 0.15) is 5.75 Å². The topological polar surface area (TPSA) is 67.0 Å². The maximum Gasteiger partial charge on any atom is 0.234 e. The molecule has 0 atom stereocenters. The van der Waals surface area contributed by atoms with Gasteiger partial charge in [-0.25, -0.2) is 4.98 Å².